The smallest absolute Gasteiger partial charge is 0.284 e. The van der Waals surface area contributed by atoms with Crippen LogP contribution in [0.25, 0.3) is 10.8 Å². The van der Waals surface area contributed by atoms with E-state index in [4.69, 9.17) is 11.6 Å². The van der Waals surface area contributed by atoms with Crippen molar-refractivity contribution in [2.24, 2.45) is 0 Å². The number of carbonyl (C=O) groups excluding carboxylic acids is 1. The summed E-state index contributed by atoms with van der Waals surface area (Å²) in [6, 6.07) is 12.1. The molecule has 0 bridgehead atoms. The molecule has 8 heteroatoms. The number of hydrogen-bond donors (Lipinski definition) is 1. The number of nitrogens with zero attached hydrogens (tertiary/aromatic N) is 2. The highest BCUT2D eigenvalue weighted by molar-refractivity contribution is 7.89. The number of nitrogens with one attached hydrogen (secondary N) is 1. The number of carbonyl (C=O) groups is 1. The first-order valence-corrected chi connectivity index (χ1v) is 11.7. The van der Waals surface area contributed by atoms with Gasteiger partial charge in [0.15, 0.2) is 5.15 Å². The molecule has 0 aliphatic rings. The molecule has 0 fully saturated rings. The Balaban J connectivity index is 2.12. The molecular formula is C21H24ClN3O3S. The molecule has 0 atom stereocenters. The monoisotopic (exact) mass is 433 g/mol. The second-order valence-electron chi connectivity index (χ2n) is 7.15. The quantitative estimate of drug-likeness (QED) is 0.608. The van der Waals surface area contributed by atoms with E-state index in [-0.39, 0.29) is 10.8 Å². The van der Waals surface area contributed by atoms with Gasteiger partial charge in [0.2, 0.25) is 10.0 Å². The van der Waals surface area contributed by atoms with E-state index in [1.165, 1.54) is 0 Å². The molecule has 6 nitrogen and oxygen atoms in total. The third-order valence-electron chi connectivity index (χ3n) is 4.81. The van der Waals surface area contributed by atoms with Crippen LogP contribution < -0.4 is 4.72 Å². The van der Waals surface area contributed by atoms with Crippen LogP contribution in [-0.4, -0.2) is 30.1 Å². The molecule has 0 aliphatic heterocycles. The van der Waals surface area contributed by atoms with Crippen LogP contribution in [0.4, 0.5) is 0 Å². The Kier molecular flexibility index (Phi) is 6.29. The van der Waals surface area contributed by atoms with Gasteiger partial charge in [-0.2, -0.15) is 0 Å². The van der Waals surface area contributed by atoms with Crippen LogP contribution in [0.2, 0.25) is 5.15 Å². The Morgan fingerprint density at radius 1 is 1.17 bits per heavy atom. The van der Waals surface area contributed by atoms with Crippen LogP contribution in [0.15, 0.2) is 36.4 Å². The molecular weight excluding hydrogens is 410 g/mol. The summed E-state index contributed by atoms with van der Waals surface area (Å²) in [5.74, 6) is -0.107. The molecule has 1 heterocycles. The lowest BCUT2D eigenvalue weighted by atomic mass is 10.00. The third-order valence-corrected chi connectivity index (χ3v) is 5.63. The Labute approximate surface area is 176 Å². The van der Waals surface area contributed by atoms with Gasteiger partial charge in [-0.25, -0.2) is 18.1 Å². The maximum Gasteiger partial charge on any atom is 0.284 e. The zero-order chi connectivity index (χ0) is 21.2. The molecule has 0 unspecified atom stereocenters. The summed E-state index contributed by atoms with van der Waals surface area (Å²) in [4.78, 5) is 17.0. The number of fused-ring (bicyclic) bond motifs is 1. The molecule has 3 rings (SSSR count). The van der Waals surface area contributed by atoms with Crippen LogP contribution in [0.5, 0.6) is 0 Å². The van der Waals surface area contributed by atoms with Crippen molar-refractivity contribution in [1.82, 2.24) is 14.3 Å². The topological polar surface area (TPSA) is 81.1 Å². The molecule has 0 aliphatic carbocycles. The Morgan fingerprint density at radius 2 is 1.86 bits per heavy atom. The lowest BCUT2D eigenvalue weighted by Gasteiger charge is -2.14. The minimum atomic E-state index is -3.73. The summed E-state index contributed by atoms with van der Waals surface area (Å²) in [7, 11) is -3.73. The van der Waals surface area contributed by atoms with Gasteiger partial charge in [-0.05, 0) is 35.2 Å². The number of unbranched alkanes of at least 4 members (excludes halogenated alkanes) is 1. The minimum Gasteiger partial charge on any atom is -0.318 e. The molecule has 1 aromatic heterocycles. The van der Waals surface area contributed by atoms with Gasteiger partial charge in [0.1, 0.15) is 11.5 Å². The largest absolute Gasteiger partial charge is 0.318 e. The summed E-state index contributed by atoms with van der Waals surface area (Å²) >= 11 is 6.27. The second-order valence-corrected chi connectivity index (χ2v) is 9.25. The van der Waals surface area contributed by atoms with Crippen molar-refractivity contribution in [2.45, 2.75) is 39.7 Å². The number of aromatic nitrogens is 2. The second kappa shape index (κ2) is 8.55. The van der Waals surface area contributed by atoms with Crippen molar-refractivity contribution in [1.29, 1.82) is 0 Å². The molecule has 29 heavy (non-hydrogen) atoms. The highest BCUT2D eigenvalue weighted by Crippen LogP contribution is 2.26. The predicted molar refractivity (Wildman–Crippen MR) is 116 cm³/mol. The summed E-state index contributed by atoms with van der Waals surface area (Å²) in [5, 5.41) is 2.22. The Morgan fingerprint density at radius 3 is 2.52 bits per heavy atom. The van der Waals surface area contributed by atoms with Crippen molar-refractivity contribution in [3.63, 3.8) is 0 Å². The number of hydrogen-bond acceptors (Lipinski definition) is 4. The van der Waals surface area contributed by atoms with Crippen molar-refractivity contribution in [2.75, 3.05) is 6.26 Å². The molecule has 2 aromatic carbocycles. The molecule has 0 saturated carbocycles. The normalized spacial score (nSPS) is 11.7. The fourth-order valence-electron chi connectivity index (χ4n) is 3.42. The van der Waals surface area contributed by atoms with Gasteiger partial charge in [0, 0.05) is 6.42 Å². The standard InChI is InChI=1S/C21H24ClN3O3S/c1-4-5-10-18-23-20(22)19(21(26)24-29(3,27)28)25(18)13-15-12-11-14(2)16-8-6-7-9-17(15)16/h6-9,11-12H,4-5,10,13H2,1-3H3,(H,24,26). The zero-order valence-corrected chi connectivity index (χ0v) is 18.3. The van der Waals surface area contributed by atoms with Crippen LogP contribution in [0.1, 0.15) is 47.2 Å². The number of rotatable bonds is 7. The van der Waals surface area contributed by atoms with Crippen molar-refractivity contribution < 1.29 is 13.2 Å². The molecule has 0 spiro atoms. The Bertz CT molecular complexity index is 1170. The first-order valence-electron chi connectivity index (χ1n) is 9.45. The van der Waals surface area contributed by atoms with E-state index in [1.54, 1.807) is 4.57 Å². The third kappa shape index (κ3) is 4.79. The van der Waals surface area contributed by atoms with Gasteiger partial charge in [0.05, 0.1) is 12.8 Å². The first kappa shape index (κ1) is 21.3. The van der Waals surface area contributed by atoms with E-state index >= 15 is 0 Å². The van der Waals surface area contributed by atoms with Crippen molar-refractivity contribution >= 4 is 38.3 Å². The van der Waals surface area contributed by atoms with Gasteiger partial charge >= 0.3 is 0 Å². The lowest BCUT2D eigenvalue weighted by Crippen LogP contribution is -2.31. The first-order chi connectivity index (χ1) is 13.7. The van der Waals surface area contributed by atoms with E-state index in [0.29, 0.717) is 18.8 Å². The van der Waals surface area contributed by atoms with Crippen LogP contribution in [0.3, 0.4) is 0 Å². The molecule has 1 N–H and O–H groups in total. The van der Waals surface area contributed by atoms with E-state index < -0.39 is 15.9 Å². The van der Waals surface area contributed by atoms with Crippen LogP contribution in [0, 0.1) is 6.92 Å². The number of halogens is 1. The number of imidazole rings is 1. The van der Waals surface area contributed by atoms with Gasteiger partial charge < -0.3 is 4.57 Å². The van der Waals surface area contributed by atoms with E-state index in [9.17, 15) is 13.2 Å². The molecule has 1 amide bonds. The lowest BCUT2D eigenvalue weighted by molar-refractivity contribution is 0.0973. The fraction of sp³-hybridized carbons (Fsp3) is 0.333. The number of benzene rings is 2. The number of sulfonamides is 1. The van der Waals surface area contributed by atoms with Gasteiger partial charge in [-0.3, -0.25) is 4.79 Å². The SMILES string of the molecule is CCCCc1nc(Cl)c(C(=O)NS(C)(=O)=O)n1Cc1ccc(C)c2ccccc12. The van der Waals surface area contributed by atoms with Crippen LogP contribution >= 0.6 is 11.6 Å². The van der Waals surface area contributed by atoms with Crippen LogP contribution in [-0.2, 0) is 23.0 Å². The molecule has 0 saturated heterocycles. The summed E-state index contributed by atoms with van der Waals surface area (Å²) in [6.07, 6.45) is 3.43. The predicted octanol–water partition coefficient (Wildman–Crippen LogP) is 4.08. The van der Waals surface area contributed by atoms with E-state index in [1.807, 2.05) is 35.1 Å². The fourth-order valence-corrected chi connectivity index (χ4v) is 4.14. The Hall–Kier alpha value is -2.38. The van der Waals surface area contributed by atoms with Crippen molar-refractivity contribution in [3.8, 4) is 0 Å². The average Bonchev–Trinajstić information content (AvgIpc) is 2.96. The average molecular weight is 434 g/mol. The molecule has 0 radical (unpaired) electrons. The van der Waals surface area contributed by atoms with Gasteiger partial charge in [-0.1, -0.05) is 61.3 Å². The zero-order valence-electron chi connectivity index (χ0n) is 16.7. The maximum absolute atomic E-state index is 12.7. The van der Waals surface area contributed by atoms with Gasteiger partial charge in [-0.15, -0.1) is 0 Å². The summed E-state index contributed by atoms with van der Waals surface area (Å²) in [6.45, 7) is 4.49. The number of amides is 1. The number of aryl methyl sites for hydroxylation is 2. The van der Waals surface area contributed by atoms with Gasteiger partial charge in [0.25, 0.3) is 5.91 Å². The summed E-state index contributed by atoms with van der Waals surface area (Å²) < 4.78 is 26.9. The van der Waals surface area contributed by atoms with E-state index in [0.717, 1.165) is 41.0 Å². The molecule has 154 valence electrons. The summed E-state index contributed by atoms with van der Waals surface area (Å²) in [5.41, 5.74) is 2.23. The van der Waals surface area contributed by atoms with E-state index in [2.05, 4.69) is 24.9 Å². The highest BCUT2D eigenvalue weighted by atomic mass is 35.5. The highest BCUT2D eigenvalue weighted by Gasteiger charge is 2.24. The maximum atomic E-state index is 12.7. The van der Waals surface area contributed by atoms with Crippen molar-refractivity contribution in [3.05, 3.63) is 64.2 Å². The minimum absolute atomic E-state index is 0.00803. The molecule has 3 aromatic rings.